The second kappa shape index (κ2) is 16.8. The summed E-state index contributed by atoms with van der Waals surface area (Å²) in [5, 5.41) is 14.0. The molecule has 0 spiro atoms. The predicted octanol–water partition coefficient (Wildman–Crippen LogP) is -0.649. The molecule has 106 valence electrons. The summed E-state index contributed by atoms with van der Waals surface area (Å²) in [6.45, 7) is 4.60. The van der Waals surface area contributed by atoms with Gasteiger partial charge in [0.25, 0.3) is 6.47 Å². The van der Waals surface area contributed by atoms with Crippen LogP contribution >= 0.6 is 0 Å². The van der Waals surface area contributed by atoms with Crippen molar-refractivity contribution in [1.29, 1.82) is 0 Å². The van der Waals surface area contributed by atoms with E-state index < -0.39 is 16.3 Å². The van der Waals surface area contributed by atoms with Crippen LogP contribution in [0, 0.1) is 0 Å². The van der Waals surface area contributed by atoms with Gasteiger partial charge in [-0.15, -0.1) is 0 Å². The fourth-order valence-corrected chi connectivity index (χ4v) is 0. The van der Waals surface area contributed by atoms with E-state index in [4.69, 9.17) is 33.9 Å². The minimum absolute atomic E-state index is 0. The van der Waals surface area contributed by atoms with Gasteiger partial charge in [-0.25, -0.2) is 5.26 Å². The van der Waals surface area contributed by atoms with Gasteiger partial charge in [0, 0.05) is 5.57 Å². The first-order chi connectivity index (χ1) is 6.62. The Morgan fingerprint density at radius 2 is 1.53 bits per heavy atom. The molecular weight excluding hydrogens is 262 g/mol. The molecule has 0 unspecified atom stereocenters. The summed E-state index contributed by atoms with van der Waals surface area (Å²) in [4.78, 5) is 18.2. The van der Waals surface area contributed by atoms with Crippen molar-refractivity contribution in [2.45, 2.75) is 6.92 Å². The van der Waals surface area contributed by atoms with Gasteiger partial charge in [0.15, 0.2) is 0 Å². The highest BCUT2D eigenvalue weighted by atomic mass is 32.3. The van der Waals surface area contributed by atoms with Gasteiger partial charge >= 0.3 is 10.4 Å². The van der Waals surface area contributed by atoms with Crippen LogP contribution in [0.3, 0.4) is 0 Å². The van der Waals surface area contributed by atoms with Crippen molar-refractivity contribution >= 4 is 22.8 Å². The maximum absolute atomic E-state index is 9.82. The van der Waals surface area contributed by atoms with Crippen molar-refractivity contribution in [3.8, 4) is 0 Å². The molecule has 0 fully saturated rings. The van der Waals surface area contributed by atoms with E-state index in [9.17, 15) is 4.79 Å². The van der Waals surface area contributed by atoms with Crippen molar-refractivity contribution in [2.75, 3.05) is 0 Å². The third kappa shape index (κ3) is 75.6. The number of hydrogen-bond acceptors (Lipinski definition) is 8. The number of carbonyl (C=O) groups excluding carboxylic acids is 1. The first-order valence-corrected chi connectivity index (χ1v) is 4.32. The molecule has 0 bridgehead atoms. The third-order valence-corrected chi connectivity index (χ3v) is 0.703. The molecular formula is C5H17N3O8S. The number of nitrogens with two attached hydrogens (primary N) is 1. The zero-order chi connectivity index (χ0) is 13.1. The van der Waals surface area contributed by atoms with E-state index in [2.05, 4.69) is 10.9 Å². The van der Waals surface area contributed by atoms with Gasteiger partial charge < -0.3 is 23.1 Å². The van der Waals surface area contributed by atoms with Crippen LogP contribution in [-0.4, -0.2) is 35.7 Å². The summed E-state index contributed by atoms with van der Waals surface area (Å²) in [6, 6.07) is 0. The fourth-order valence-electron chi connectivity index (χ4n) is 0. The average molecular weight is 279 g/mol. The molecule has 0 aliphatic heterocycles. The summed E-state index contributed by atoms with van der Waals surface area (Å²) in [5.74, 6) is -0.435. The minimum Gasteiger partial charge on any atom is -0.483 e. The second-order valence-corrected chi connectivity index (χ2v) is 2.76. The van der Waals surface area contributed by atoms with Crippen LogP contribution in [0.5, 0.6) is 0 Å². The Morgan fingerprint density at radius 3 is 1.53 bits per heavy atom. The van der Waals surface area contributed by atoms with Crippen molar-refractivity contribution in [3.05, 3.63) is 12.2 Å². The molecule has 17 heavy (non-hydrogen) atoms. The Labute approximate surface area is 97.9 Å². The van der Waals surface area contributed by atoms with Gasteiger partial charge in [0.2, 0.25) is 5.91 Å². The van der Waals surface area contributed by atoms with Crippen molar-refractivity contribution in [1.82, 2.24) is 12.3 Å². The minimum atomic E-state index is -4.61. The molecule has 0 heterocycles. The largest absolute Gasteiger partial charge is 0.483 e. The highest BCUT2D eigenvalue weighted by Gasteiger charge is 1.97. The van der Waals surface area contributed by atoms with Crippen LogP contribution < -0.4 is 18.0 Å². The van der Waals surface area contributed by atoms with Gasteiger partial charge in [-0.05, 0) is 6.92 Å². The Kier molecular flexibility index (Phi) is 29.3. The van der Waals surface area contributed by atoms with E-state index in [0.717, 1.165) is 0 Å². The van der Waals surface area contributed by atoms with Crippen molar-refractivity contribution < 1.29 is 37.3 Å². The van der Waals surface area contributed by atoms with Gasteiger partial charge in [-0.1, -0.05) is 10.9 Å². The molecule has 0 atom stereocenters. The lowest BCUT2D eigenvalue weighted by Crippen LogP contribution is -2.10. The molecule has 0 saturated carbocycles. The maximum atomic E-state index is 9.82. The Hall–Kier alpha value is -1.57. The summed E-state index contributed by atoms with van der Waals surface area (Å²) in [6.07, 6.45) is 0. The molecule has 0 aliphatic rings. The molecule has 0 aromatic heterocycles. The summed E-state index contributed by atoms with van der Waals surface area (Å²) < 4.78 is 28.0. The van der Waals surface area contributed by atoms with Crippen LogP contribution in [0.25, 0.3) is 0 Å². The average Bonchev–Trinajstić information content (AvgIpc) is 2.05. The molecule has 0 rings (SSSR count). The highest BCUT2D eigenvalue weighted by Crippen LogP contribution is 1.78. The molecule has 0 aromatic rings. The number of carboxylic acid groups (broad SMARTS) is 1. The van der Waals surface area contributed by atoms with E-state index in [-0.39, 0.29) is 18.8 Å². The van der Waals surface area contributed by atoms with Crippen LogP contribution in [0.2, 0.25) is 0 Å². The summed E-state index contributed by atoms with van der Waals surface area (Å²) in [7, 11) is -4.61. The Bertz CT molecular complexity index is 288. The van der Waals surface area contributed by atoms with E-state index in [1.54, 1.807) is 6.92 Å². The lowest BCUT2D eigenvalue weighted by molar-refractivity contribution is -0.139. The van der Waals surface area contributed by atoms with Gasteiger partial charge in [-0.2, -0.15) is 8.42 Å². The molecule has 11 N–H and O–H groups in total. The Balaban J connectivity index is -0.0000000421. The summed E-state index contributed by atoms with van der Waals surface area (Å²) >= 11 is 0. The molecule has 11 nitrogen and oxygen atoms in total. The number of primary amides is 1. The highest BCUT2D eigenvalue weighted by molar-refractivity contribution is 7.80. The van der Waals surface area contributed by atoms with E-state index in [1.807, 2.05) is 0 Å². The van der Waals surface area contributed by atoms with E-state index in [0.29, 0.717) is 5.57 Å². The third-order valence-electron chi connectivity index (χ3n) is 0.515. The number of hydrogen-bond donors (Lipinski definition) is 6. The normalized spacial score (nSPS) is 7.47. The zero-order valence-corrected chi connectivity index (χ0v) is 9.88. The first-order valence-electron chi connectivity index (χ1n) is 2.96. The van der Waals surface area contributed by atoms with E-state index in [1.165, 1.54) is 0 Å². The smallest absolute Gasteiger partial charge is 0.423 e. The first kappa shape index (κ1) is 29.5. The maximum Gasteiger partial charge on any atom is 0.423 e. The monoisotopic (exact) mass is 279 g/mol. The summed E-state index contributed by atoms with van der Waals surface area (Å²) in [5.41, 5.74) is 5.09. The standard InChI is InChI=1S/C4H7NO.CH2O2.2H3N.H2O5S/c1-3(2)4(5)6;2-1-3;;;1-5-6(2,3)4/h1H2,2H3,(H2,5,6);1H,(H,2,3);2*1H3;1H,(H,2,3,4). The quantitative estimate of drug-likeness (QED) is 0.123. The lowest BCUT2D eigenvalue weighted by atomic mass is 10.3. The predicted molar refractivity (Wildman–Crippen MR) is 58.0 cm³/mol. The number of carbonyl (C=O) groups is 2. The van der Waals surface area contributed by atoms with E-state index >= 15 is 0 Å². The topological polar surface area (TPSA) is 234 Å². The molecule has 0 aromatic carbocycles. The number of amides is 1. The van der Waals surface area contributed by atoms with Crippen LogP contribution in [-0.2, 0) is 24.3 Å². The lowest BCUT2D eigenvalue weighted by Gasteiger charge is -1.81. The van der Waals surface area contributed by atoms with Gasteiger partial charge in [0.1, 0.15) is 0 Å². The van der Waals surface area contributed by atoms with Crippen molar-refractivity contribution in [3.63, 3.8) is 0 Å². The molecule has 0 aliphatic carbocycles. The molecule has 0 saturated heterocycles. The van der Waals surface area contributed by atoms with Crippen molar-refractivity contribution in [2.24, 2.45) is 5.73 Å². The van der Waals surface area contributed by atoms with Crippen LogP contribution in [0.1, 0.15) is 6.92 Å². The van der Waals surface area contributed by atoms with Gasteiger partial charge in [-0.3, -0.25) is 14.1 Å². The van der Waals surface area contributed by atoms with Crippen LogP contribution in [0.4, 0.5) is 0 Å². The molecule has 0 radical (unpaired) electrons. The Morgan fingerprint density at radius 1 is 1.41 bits per heavy atom. The van der Waals surface area contributed by atoms with Gasteiger partial charge in [0.05, 0.1) is 0 Å². The second-order valence-electron chi connectivity index (χ2n) is 1.75. The molecule has 1 amide bonds. The molecule has 12 heteroatoms. The SMILES string of the molecule is C=C(C)C(N)=O.N.N.O=CO.O=S(=O)(O)OO. The fraction of sp³-hybridized carbons (Fsp3) is 0.200. The zero-order valence-electron chi connectivity index (χ0n) is 9.07. The van der Waals surface area contributed by atoms with Crippen LogP contribution in [0.15, 0.2) is 12.2 Å². The number of rotatable bonds is 2.